The van der Waals surface area contributed by atoms with Crippen LogP contribution in [-0.4, -0.2) is 24.9 Å². The average molecular weight is 477 g/mol. The van der Waals surface area contributed by atoms with Crippen molar-refractivity contribution in [2.75, 3.05) is 17.7 Å². The Hall–Kier alpha value is -2.87. The summed E-state index contributed by atoms with van der Waals surface area (Å²) in [4.78, 5) is 38.2. The van der Waals surface area contributed by atoms with Gasteiger partial charge in [0, 0.05) is 10.6 Å². The van der Waals surface area contributed by atoms with Crippen molar-refractivity contribution in [1.29, 1.82) is 0 Å². The predicted molar refractivity (Wildman–Crippen MR) is 124 cm³/mol. The fourth-order valence-corrected chi connectivity index (χ4v) is 4.24. The van der Waals surface area contributed by atoms with Crippen molar-refractivity contribution in [3.8, 4) is 0 Å². The van der Waals surface area contributed by atoms with Gasteiger partial charge in [0.2, 0.25) is 0 Å². The molecule has 0 saturated carbocycles. The van der Waals surface area contributed by atoms with Gasteiger partial charge in [-0.25, -0.2) is 4.79 Å². The number of benzene rings is 2. The maximum absolute atomic E-state index is 12.9. The molecule has 2 amide bonds. The zero-order valence-electron chi connectivity index (χ0n) is 16.8. The molecule has 0 fully saturated rings. The molecule has 9 heteroatoms. The summed E-state index contributed by atoms with van der Waals surface area (Å²) in [6.07, 6.45) is 0. The minimum Gasteiger partial charge on any atom is -0.465 e. The van der Waals surface area contributed by atoms with Crippen LogP contribution in [0.5, 0.6) is 0 Å². The molecular weight excluding hydrogens is 459 g/mol. The highest BCUT2D eigenvalue weighted by molar-refractivity contribution is 7.19. The van der Waals surface area contributed by atoms with Crippen molar-refractivity contribution >= 4 is 63.0 Å². The Morgan fingerprint density at radius 3 is 2.26 bits per heavy atom. The maximum Gasteiger partial charge on any atom is 0.341 e. The highest BCUT2D eigenvalue weighted by Crippen LogP contribution is 2.35. The van der Waals surface area contributed by atoms with E-state index >= 15 is 0 Å². The summed E-state index contributed by atoms with van der Waals surface area (Å²) < 4.78 is 4.85. The van der Waals surface area contributed by atoms with Gasteiger partial charge in [0.25, 0.3) is 11.8 Å². The van der Waals surface area contributed by atoms with E-state index in [4.69, 9.17) is 27.9 Å². The molecule has 160 valence electrons. The van der Waals surface area contributed by atoms with Crippen molar-refractivity contribution in [1.82, 2.24) is 0 Å². The smallest absolute Gasteiger partial charge is 0.341 e. The van der Waals surface area contributed by atoms with Crippen LogP contribution in [0.3, 0.4) is 0 Å². The summed E-state index contributed by atoms with van der Waals surface area (Å²) in [6, 6.07) is 11.7. The Balaban J connectivity index is 1.95. The SMILES string of the molecule is COC(=O)c1c(NC(=O)c2ccc(C)cc2)sc(C(=O)Nc2cc(Cl)ccc2Cl)c1C. The van der Waals surface area contributed by atoms with Crippen molar-refractivity contribution < 1.29 is 19.1 Å². The minimum absolute atomic E-state index is 0.121. The van der Waals surface area contributed by atoms with Crippen LogP contribution in [0.4, 0.5) is 10.7 Å². The summed E-state index contributed by atoms with van der Waals surface area (Å²) in [7, 11) is 1.23. The first-order chi connectivity index (χ1) is 14.7. The van der Waals surface area contributed by atoms with Gasteiger partial charge in [0.1, 0.15) is 5.00 Å². The van der Waals surface area contributed by atoms with Crippen LogP contribution in [0.15, 0.2) is 42.5 Å². The van der Waals surface area contributed by atoms with Crippen LogP contribution in [-0.2, 0) is 4.74 Å². The van der Waals surface area contributed by atoms with E-state index in [0.29, 0.717) is 26.9 Å². The Bertz CT molecular complexity index is 1170. The zero-order valence-corrected chi connectivity index (χ0v) is 19.2. The van der Waals surface area contributed by atoms with Gasteiger partial charge >= 0.3 is 5.97 Å². The monoisotopic (exact) mass is 476 g/mol. The first-order valence-corrected chi connectivity index (χ1v) is 10.6. The van der Waals surface area contributed by atoms with E-state index in [0.717, 1.165) is 16.9 Å². The topological polar surface area (TPSA) is 84.5 Å². The number of esters is 1. The number of hydrogen-bond acceptors (Lipinski definition) is 5. The number of hydrogen-bond donors (Lipinski definition) is 2. The molecule has 0 aliphatic rings. The van der Waals surface area contributed by atoms with Crippen LogP contribution < -0.4 is 10.6 Å². The third-order valence-corrected chi connectivity index (χ3v) is 6.23. The Labute approximate surface area is 193 Å². The molecule has 0 aliphatic carbocycles. The van der Waals surface area contributed by atoms with Gasteiger partial charge in [-0.15, -0.1) is 11.3 Å². The average Bonchev–Trinajstić information content (AvgIpc) is 3.06. The molecule has 0 unspecified atom stereocenters. The Morgan fingerprint density at radius 1 is 0.935 bits per heavy atom. The highest BCUT2D eigenvalue weighted by Gasteiger charge is 2.27. The van der Waals surface area contributed by atoms with Crippen molar-refractivity contribution in [2.24, 2.45) is 0 Å². The second-order valence-electron chi connectivity index (χ2n) is 6.65. The summed E-state index contributed by atoms with van der Waals surface area (Å²) in [5.41, 5.74) is 2.26. The molecule has 2 aromatic carbocycles. The summed E-state index contributed by atoms with van der Waals surface area (Å²) in [5, 5.41) is 6.34. The molecule has 0 aliphatic heterocycles. The van der Waals surface area contributed by atoms with Crippen molar-refractivity contribution in [3.63, 3.8) is 0 Å². The first-order valence-electron chi connectivity index (χ1n) is 9.07. The molecule has 6 nitrogen and oxygen atoms in total. The molecule has 1 aromatic heterocycles. The molecule has 1 heterocycles. The molecule has 0 atom stereocenters. The number of amides is 2. The van der Waals surface area contributed by atoms with E-state index in [1.807, 2.05) is 19.1 Å². The fraction of sp³-hybridized carbons (Fsp3) is 0.136. The summed E-state index contributed by atoms with van der Waals surface area (Å²) in [5.74, 6) is -1.56. The largest absolute Gasteiger partial charge is 0.465 e. The molecule has 3 rings (SSSR count). The van der Waals surface area contributed by atoms with Crippen LogP contribution in [0, 0.1) is 13.8 Å². The van der Waals surface area contributed by atoms with E-state index in [9.17, 15) is 14.4 Å². The zero-order chi connectivity index (χ0) is 22.7. The Kier molecular flexibility index (Phi) is 7.00. The number of carbonyl (C=O) groups is 3. The molecule has 31 heavy (non-hydrogen) atoms. The van der Waals surface area contributed by atoms with Gasteiger partial charge in [-0.1, -0.05) is 40.9 Å². The van der Waals surface area contributed by atoms with Crippen LogP contribution in [0.2, 0.25) is 10.0 Å². The molecule has 0 radical (unpaired) electrons. The Morgan fingerprint density at radius 2 is 1.61 bits per heavy atom. The van der Waals surface area contributed by atoms with Gasteiger partial charge in [-0.05, 0) is 49.7 Å². The second kappa shape index (κ2) is 9.51. The minimum atomic E-state index is -0.659. The number of thiophene rings is 1. The van der Waals surface area contributed by atoms with Crippen molar-refractivity contribution in [2.45, 2.75) is 13.8 Å². The maximum atomic E-state index is 12.9. The van der Waals surface area contributed by atoms with Crippen LogP contribution in [0.25, 0.3) is 0 Å². The molecule has 0 bridgehead atoms. The lowest BCUT2D eigenvalue weighted by molar-refractivity contribution is 0.0601. The van der Waals surface area contributed by atoms with E-state index < -0.39 is 17.8 Å². The predicted octanol–water partition coefficient (Wildman–Crippen LogP) is 5.96. The number of halogens is 2. The van der Waals surface area contributed by atoms with E-state index in [2.05, 4.69) is 10.6 Å². The van der Waals surface area contributed by atoms with Crippen molar-refractivity contribution in [3.05, 3.63) is 79.6 Å². The number of ether oxygens (including phenoxy) is 1. The number of aryl methyl sites for hydroxylation is 1. The number of anilines is 2. The van der Waals surface area contributed by atoms with Gasteiger partial charge in [-0.3, -0.25) is 9.59 Å². The lowest BCUT2D eigenvalue weighted by atomic mass is 10.1. The third-order valence-electron chi connectivity index (χ3n) is 4.46. The van der Waals surface area contributed by atoms with Crippen LogP contribution in [0.1, 0.15) is 41.5 Å². The van der Waals surface area contributed by atoms with Crippen LogP contribution >= 0.6 is 34.5 Å². The van der Waals surface area contributed by atoms with E-state index in [1.54, 1.807) is 31.2 Å². The summed E-state index contributed by atoms with van der Waals surface area (Å²) >= 11 is 13.1. The van der Waals surface area contributed by atoms with Gasteiger partial charge < -0.3 is 15.4 Å². The number of methoxy groups -OCH3 is 1. The normalized spacial score (nSPS) is 10.5. The first kappa shape index (κ1) is 22.8. The van der Waals surface area contributed by atoms with E-state index in [1.165, 1.54) is 13.2 Å². The fourth-order valence-electron chi connectivity index (χ4n) is 2.82. The lowest BCUT2D eigenvalue weighted by Crippen LogP contribution is -2.14. The highest BCUT2D eigenvalue weighted by atomic mass is 35.5. The van der Waals surface area contributed by atoms with E-state index in [-0.39, 0.29) is 15.4 Å². The molecular formula is C22H18Cl2N2O4S. The number of carbonyl (C=O) groups excluding carboxylic acids is 3. The quantitative estimate of drug-likeness (QED) is 0.444. The standard InChI is InChI=1S/C22H18Cl2N2O4S/c1-11-4-6-13(7-5-11)19(27)26-21-17(22(29)30-3)12(2)18(31-21)20(28)25-16-10-14(23)8-9-15(16)24/h4-10H,1-3H3,(H,25,28)(H,26,27). The molecule has 2 N–H and O–H groups in total. The third kappa shape index (κ3) is 5.07. The second-order valence-corrected chi connectivity index (χ2v) is 8.51. The summed E-state index contributed by atoms with van der Waals surface area (Å²) in [6.45, 7) is 3.52. The number of nitrogens with one attached hydrogen (secondary N) is 2. The van der Waals surface area contributed by atoms with Gasteiger partial charge in [0.15, 0.2) is 0 Å². The number of rotatable bonds is 5. The van der Waals surface area contributed by atoms with Gasteiger partial charge in [-0.2, -0.15) is 0 Å². The molecule has 3 aromatic rings. The molecule has 0 saturated heterocycles. The molecule has 0 spiro atoms. The lowest BCUT2D eigenvalue weighted by Gasteiger charge is -2.07. The van der Waals surface area contributed by atoms with Gasteiger partial charge in [0.05, 0.1) is 28.3 Å².